The fourth-order valence-electron chi connectivity index (χ4n) is 3.11. The fraction of sp³-hybridized carbons (Fsp3) is 0.647. The van der Waals surface area contributed by atoms with E-state index in [0.29, 0.717) is 12.1 Å². The summed E-state index contributed by atoms with van der Waals surface area (Å²) in [6.07, 6.45) is 3.45. The Morgan fingerprint density at radius 3 is 2.37 bits per heavy atom. The number of β-amino-alcohol motifs (C(OH)–C–C–N with tert-alkyl or cyclic N) is 1. The molecule has 0 radical (unpaired) electrons. The first-order valence-corrected chi connectivity index (χ1v) is 7.50. The van der Waals surface area contributed by atoms with Crippen molar-refractivity contribution in [2.75, 3.05) is 6.54 Å². The van der Waals surface area contributed by atoms with E-state index in [1.54, 1.807) is 0 Å². The van der Waals surface area contributed by atoms with E-state index in [-0.39, 0.29) is 6.10 Å². The minimum Gasteiger partial charge on any atom is -0.387 e. The molecule has 1 aliphatic rings. The van der Waals surface area contributed by atoms with Crippen molar-refractivity contribution in [2.24, 2.45) is 0 Å². The first kappa shape index (κ1) is 14.5. The van der Waals surface area contributed by atoms with Gasteiger partial charge in [-0.25, -0.2) is 0 Å². The molecule has 2 heteroatoms. The number of benzene rings is 1. The quantitative estimate of drug-likeness (QED) is 0.898. The molecule has 0 aliphatic carbocycles. The average molecular weight is 261 g/mol. The zero-order chi connectivity index (χ0) is 14.0. The van der Waals surface area contributed by atoms with Crippen LogP contribution in [0.2, 0.25) is 0 Å². The van der Waals surface area contributed by atoms with Crippen LogP contribution in [0.1, 0.15) is 55.9 Å². The number of aryl methyl sites for hydroxylation is 2. The van der Waals surface area contributed by atoms with Gasteiger partial charge in [0.05, 0.1) is 6.10 Å². The highest BCUT2D eigenvalue weighted by atomic mass is 16.3. The van der Waals surface area contributed by atoms with Crippen LogP contribution in [0.25, 0.3) is 0 Å². The summed E-state index contributed by atoms with van der Waals surface area (Å²) in [5.41, 5.74) is 3.60. The average Bonchev–Trinajstić information content (AvgIpc) is 2.37. The van der Waals surface area contributed by atoms with Gasteiger partial charge >= 0.3 is 0 Å². The summed E-state index contributed by atoms with van der Waals surface area (Å²) in [6.45, 7) is 9.54. The Balaban J connectivity index is 2.07. The van der Waals surface area contributed by atoms with Crippen molar-refractivity contribution >= 4 is 0 Å². The maximum Gasteiger partial charge on any atom is 0.0917 e. The monoisotopic (exact) mass is 261 g/mol. The third-order valence-electron chi connectivity index (χ3n) is 4.68. The molecule has 2 rings (SSSR count). The lowest BCUT2D eigenvalue weighted by molar-refractivity contribution is 0.0411. The molecule has 3 atom stereocenters. The van der Waals surface area contributed by atoms with E-state index in [1.807, 2.05) is 0 Å². The molecule has 0 aromatic heterocycles. The number of nitrogens with zero attached hydrogens (tertiary/aromatic N) is 1. The number of likely N-dealkylation sites (tertiary alicyclic amines) is 1. The third kappa shape index (κ3) is 3.37. The second-order valence-corrected chi connectivity index (χ2v) is 6.19. The van der Waals surface area contributed by atoms with Crippen LogP contribution in [0.3, 0.4) is 0 Å². The van der Waals surface area contributed by atoms with Crippen LogP contribution in [-0.2, 0) is 0 Å². The van der Waals surface area contributed by atoms with Crippen molar-refractivity contribution in [1.29, 1.82) is 0 Å². The summed E-state index contributed by atoms with van der Waals surface area (Å²) in [7, 11) is 0. The van der Waals surface area contributed by atoms with Gasteiger partial charge in [0.1, 0.15) is 0 Å². The third-order valence-corrected chi connectivity index (χ3v) is 4.68. The molecule has 3 unspecified atom stereocenters. The molecule has 0 bridgehead atoms. The molecule has 1 fully saturated rings. The molecule has 1 aromatic rings. The van der Waals surface area contributed by atoms with Gasteiger partial charge in [0.15, 0.2) is 0 Å². The molecular formula is C17H27NO. The van der Waals surface area contributed by atoms with E-state index < -0.39 is 0 Å². The molecule has 1 aromatic carbocycles. The van der Waals surface area contributed by atoms with Gasteiger partial charge in [0.25, 0.3) is 0 Å². The van der Waals surface area contributed by atoms with Gasteiger partial charge < -0.3 is 5.11 Å². The number of hydrogen-bond donors (Lipinski definition) is 1. The Bertz CT molecular complexity index is 419. The minimum atomic E-state index is -0.373. The van der Waals surface area contributed by atoms with Crippen LogP contribution in [0.15, 0.2) is 18.2 Å². The topological polar surface area (TPSA) is 23.5 Å². The Morgan fingerprint density at radius 2 is 1.79 bits per heavy atom. The van der Waals surface area contributed by atoms with Gasteiger partial charge in [-0.2, -0.15) is 0 Å². The zero-order valence-corrected chi connectivity index (χ0v) is 12.7. The molecule has 1 N–H and O–H groups in total. The minimum absolute atomic E-state index is 0.373. The summed E-state index contributed by atoms with van der Waals surface area (Å²) < 4.78 is 0. The summed E-state index contributed by atoms with van der Waals surface area (Å²) in [5, 5.41) is 10.5. The van der Waals surface area contributed by atoms with E-state index in [1.165, 1.54) is 30.4 Å². The Morgan fingerprint density at radius 1 is 1.16 bits per heavy atom. The first-order valence-electron chi connectivity index (χ1n) is 7.50. The molecule has 0 saturated carbocycles. The summed E-state index contributed by atoms with van der Waals surface area (Å²) in [6, 6.07) is 7.47. The molecule has 0 spiro atoms. The van der Waals surface area contributed by atoms with Gasteiger partial charge in [0.2, 0.25) is 0 Å². The lowest BCUT2D eigenvalue weighted by Crippen LogP contribution is -2.45. The number of aliphatic hydroxyl groups is 1. The van der Waals surface area contributed by atoms with Crippen LogP contribution in [-0.4, -0.2) is 28.6 Å². The predicted octanol–water partition coefficient (Wildman–Crippen LogP) is 3.60. The summed E-state index contributed by atoms with van der Waals surface area (Å²) >= 11 is 0. The standard InChI is InChI=1S/C17H27NO/c1-12-8-9-16(10-13(12)2)17(19)11-18-14(3)6-5-7-15(18)4/h8-10,14-15,17,19H,5-7,11H2,1-4H3. The second kappa shape index (κ2) is 6.06. The van der Waals surface area contributed by atoms with E-state index >= 15 is 0 Å². The molecule has 1 saturated heterocycles. The molecule has 2 nitrogen and oxygen atoms in total. The fourth-order valence-corrected chi connectivity index (χ4v) is 3.11. The van der Waals surface area contributed by atoms with Crippen molar-refractivity contribution < 1.29 is 5.11 Å². The van der Waals surface area contributed by atoms with Gasteiger partial charge in [-0.15, -0.1) is 0 Å². The highest BCUT2D eigenvalue weighted by Crippen LogP contribution is 2.26. The SMILES string of the molecule is Cc1ccc(C(O)CN2C(C)CCCC2C)cc1C. The number of rotatable bonds is 3. The van der Waals surface area contributed by atoms with Gasteiger partial charge in [0, 0.05) is 18.6 Å². The molecule has 1 heterocycles. The normalized spacial score (nSPS) is 26.4. The lowest BCUT2D eigenvalue weighted by atomic mass is 9.95. The Hall–Kier alpha value is -0.860. The van der Waals surface area contributed by atoms with E-state index in [2.05, 4.69) is 50.8 Å². The smallest absolute Gasteiger partial charge is 0.0917 e. The maximum atomic E-state index is 10.5. The van der Waals surface area contributed by atoms with Crippen LogP contribution < -0.4 is 0 Å². The van der Waals surface area contributed by atoms with Crippen LogP contribution in [0.5, 0.6) is 0 Å². The van der Waals surface area contributed by atoms with Crippen molar-refractivity contribution in [3.05, 3.63) is 34.9 Å². The van der Waals surface area contributed by atoms with Crippen molar-refractivity contribution in [3.63, 3.8) is 0 Å². The van der Waals surface area contributed by atoms with Crippen LogP contribution in [0, 0.1) is 13.8 Å². The Labute approximate surface area is 117 Å². The molecule has 19 heavy (non-hydrogen) atoms. The van der Waals surface area contributed by atoms with Gasteiger partial charge in [-0.05, 0) is 57.2 Å². The largest absolute Gasteiger partial charge is 0.387 e. The molecule has 106 valence electrons. The maximum absolute atomic E-state index is 10.5. The second-order valence-electron chi connectivity index (χ2n) is 6.19. The van der Waals surface area contributed by atoms with Crippen LogP contribution >= 0.6 is 0 Å². The van der Waals surface area contributed by atoms with Crippen molar-refractivity contribution in [3.8, 4) is 0 Å². The lowest BCUT2D eigenvalue weighted by Gasteiger charge is -2.40. The molecule has 1 aliphatic heterocycles. The zero-order valence-electron chi connectivity index (χ0n) is 12.7. The van der Waals surface area contributed by atoms with Crippen molar-refractivity contribution in [1.82, 2.24) is 4.90 Å². The number of piperidine rings is 1. The van der Waals surface area contributed by atoms with E-state index in [0.717, 1.165) is 12.1 Å². The van der Waals surface area contributed by atoms with Gasteiger partial charge in [-0.1, -0.05) is 24.6 Å². The van der Waals surface area contributed by atoms with Crippen molar-refractivity contribution in [2.45, 2.75) is 65.1 Å². The van der Waals surface area contributed by atoms with Gasteiger partial charge in [-0.3, -0.25) is 4.90 Å². The van der Waals surface area contributed by atoms with Crippen LogP contribution in [0.4, 0.5) is 0 Å². The highest BCUT2D eigenvalue weighted by molar-refractivity contribution is 5.31. The predicted molar refractivity (Wildman–Crippen MR) is 80.4 cm³/mol. The number of hydrogen-bond acceptors (Lipinski definition) is 2. The van der Waals surface area contributed by atoms with E-state index in [9.17, 15) is 5.11 Å². The molecular weight excluding hydrogens is 234 g/mol. The first-order chi connectivity index (χ1) is 8.99. The summed E-state index contributed by atoms with van der Waals surface area (Å²) in [4.78, 5) is 2.46. The molecule has 0 amide bonds. The number of aliphatic hydroxyl groups excluding tert-OH is 1. The summed E-state index contributed by atoms with van der Waals surface area (Å²) in [5.74, 6) is 0. The Kier molecular flexibility index (Phi) is 4.64. The van der Waals surface area contributed by atoms with E-state index in [4.69, 9.17) is 0 Å². The highest BCUT2D eigenvalue weighted by Gasteiger charge is 2.26.